The summed E-state index contributed by atoms with van der Waals surface area (Å²) in [6, 6.07) is 14.5. The predicted octanol–water partition coefficient (Wildman–Crippen LogP) is 4.60. The lowest BCUT2D eigenvalue weighted by molar-refractivity contribution is -0.120. The molecule has 2 heterocycles. The smallest absolute Gasteiger partial charge is 0.261 e. The third-order valence-electron chi connectivity index (χ3n) is 6.55. The van der Waals surface area contributed by atoms with E-state index in [-0.39, 0.29) is 18.1 Å². The Bertz CT molecular complexity index is 1240. The zero-order valence-electron chi connectivity index (χ0n) is 20.8. The topological polar surface area (TPSA) is 67.9 Å². The first-order valence-electron chi connectivity index (χ1n) is 12.0. The molecule has 1 aromatic heterocycles. The second-order valence-electron chi connectivity index (χ2n) is 9.07. The van der Waals surface area contributed by atoms with E-state index in [1.165, 1.54) is 22.5 Å². The highest BCUT2D eigenvalue weighted by Gasteiger charge is 2.24. The van der Waals surface area contributed by atoms with Gasteiger partial charge in [-0.05, 0) is 72.8 Å². The molecule has 0 spiro atoms. The molecule has 1 N–H and O–H groups in total. The Kier molecular flexibility index (Phi) is 8.67. The summed E-state index contributed by atoms with van der Waals surface area (Å²) in [5.41, 5.74) is 4.48. The molecule has 4 rings (SSSR count). The molecule has 8 heteroatoms. The van der Waals surface area contributed by atoms with Gasteiger partial charge in [-0.1, -0.05) is 35.9 Å². The van der Waals surface area contributed by atoms with Gasteiger partial charge in [-0.3, -0.25) is 9.59 Å². The van der Waals surface area contributed by atoms with Gasteiger partial charge in [0.15, 0.2) is 17.3 Å². The van der Waals surface area contributed by atoms with Crippen LogP contribution in [0.5, 0.6) is 11.5 Å². The van der Waals surface area contributed by atoms with Gasteiger partial charge in [0.1, 0.15) is 0 Å². The van der Waals surface area contributed by atoms with Crippen LogP contribution in [0.3, 0.4) is 0 Å². The number of thiophene rings is 1. The van der Waals surface area contributed by atoms with Crippen molar-refractivity contribution < 1.29 is 19.1 Å². The molecule has 1 aliphatic heterocycles. The van der Waals surface area contributed by atoms with E-state index in [1.54, 1.807) is 32.4 Å². The second-order valence-corrected chi connectivity index (χ2v) is 10.8. The number of ketones is 1. The van der Waals surface area contributed by atoms with Crippen molar-refractivity contribution in [3.8, 4) is 11.5 Å². The number of carbonyl (C=O) groups excluding carboxylic acids is 2. The number of likely N-dealkylation sites (N-methyl/N-ethyl adjacent to an activating group) is 1. The molecule has 0 saturated carbocycles. The van der Waals surface area contributed by atoms with Crippen LogP contribution in [-0.4, -0.2) is 57.0 Å². The average molecular weight is 527 g/mol. The van der Waals surface area contributed by atoms with Crippen molar-refractivity contribution in [2.24, 2.45) is 0 Å². The Labute approximate surface area is 221 Å². The van der Waals surface area contributed by atoms with E-state index < -0.39 is 6.04 Å². The van der Waals surface area contributed by atoms with Crippen molar-refractivity contribution in [1.82, 2.24) is 10.2 Å². The molecule has 1 aliphatic rings. The highest BCUT2D eigenvalue weighted by molar-refractivity contribution is 7.18. The number of ether oxygens (including phenoxy) is 2. The van der Waals surface area contributed by atoms with E-state index >= 15 is 0 Å². The van der Waals surface area contributed by atoms with Gasteiger partial charge < -0.3 is 19.7 Å². The van der Waals surface area contributed by atoms with Gasteiger partial charge in [0.05, 0.1) is 29.5 Å². The maximum absolute atomic E-state index is 13.6. The second kappa shape index (κ2) is 11.9. The van der Waals surface area contributed by atoms with Gasteiger partial charge in [-0.25, -0.2) is 0 Å². The quantitative estimate of drug-likeness (QED) is 0.441. The van der Waals surface area contributed by atoms with E-state index in [1.807, 2.05) is 18.2 Å². The van der Waals surface area contributed by atoms with Crippen LogP contribution in [0, 0.1) is 0 Å². The normalized spacial score (nSPS) is 14.4. The molecule has 1 amide bonds. The van der Waals surface area contributed by atoms with Gasteiger partial charge in [-0.2, -0.15) is 0 Å². The van der Waals surface area contributed by atoms with Crippen LogP contribution >= 0.6 is 22.9 Å². The zero-order valence-corrected chi connectivity index (χ0v) is 22.4. The van der Waals surface area contributed by atoms with Crippen LogP contribution < -0.4 is 14.8 Å². The van der Waals surface area contributed by atoms with Gasteiger partial charge in [0.2, 0.25) is 0 Å². The molecule has 6 nitrogen and oxygen atoms in total. The van der Waals surface area contributed by atoms with Crippen LogP contribution in [0.4, 0.5) is 0 Å². The first-order chi connectivity index (χ1) is 17.4. The van der Waals surface area contributed by atoms with E-state index in [4.69, 9.17) is 21.1 Å². The Hall–Kier alpha value is -2.87. The molecule has 36 heavy (non-hydrogen) atoms. The minimum Gasteiger partial charge on any atom is -0.493 e. The number of methoxy groups -OCH3 is 2. The van der Waals surface area contributed by atoms with Gasteiger partial charge in [0, 0.05) is 19.5 Å². The van der Waals surface area contributed by atoms with Crippen LogP contribution in [0.15, 0.2) is 48.5 Å². The van der Waals surface area contributed by atoms with Gasteiger partial charge in [0.25, 0.3) is 5.91 Å². The number of Topliss-reactive ketones (excluding diaryl/α,β-unsaturated/α-hetero) is 1. The van der Waals surface area contributed by atoms with E-state index in [2.05, 4.69) is 29.4 Å². The number of amides is 1. The molecule has 0 fully saturated rings. The van der Waals surface area contributed by atoms with Crippen molar-refractivity contribution in [2.45, 2.75) is 31.7 Å². The molecular weight excluding hydrogens is 496 g/mol. The molecule has 0 bridgehead atoms. The van der Waals surface area contributed by atoms with Crippen molar-refractivity contribution in [2.75, 3.05) is 34.4 Å². The summed E-state index contributed by atoms with van der Waals surface area (Å²) in [4.78, 5) is 29.3. The number of fused-ring (bicyclic) bond motifs is 1. The lowest BCUT2D eigenvalue weighted by Gasteiger charge is -2.19. The number of halogens is 1. The summed E-state index contributed by atoms with van der Waals surface area (Å²) in [5.74, 6) is 0.826. The van der Waals surface area contributed by atoms with Crippen LogP contribution in [0.2, 0.25) is 4.34 Å². The summed E-state index contributed by atoms with van der Waals surface area (Å²) < 4.78 is 11.3. The highest BCUT2D eigenvalue weighted by atomic mass is 35.5. The lowest BCUT2D eigenvalue weighted by Crippen LogP contribution is -2.43. The zero-order chi connectivity index (χ0) is 25.7. The summed E-state index contributed by atoms with van der Waals surface area (Å²) in [7, 11) is 5.29. The highest BCUT2D eigenvalue weighted by Crippen LogP contribution is 2.28. The molecule has 1 unspecified atom stereocenters. The van der Waals surface area contributed by atoms with Crippen molar-refractivity contribution in [3.05, 3.63) is 80.0 Å². The number of benzene rings is 2. The minimum atomic E-state index is -0.707. The van der Waals surface area contributed by atoms with Crippen LogP contribution in [-0.2, 0) is 30.5 Å². The molecule has 0 radical (unpaired) electrons. The molecule has 3 aromatic rings. The minimum absolute atomic E-state index is 0.0496. The standard InChI is InChI=1S/C28H31ClN2O4S/c1-31-12-10-20-6-4-18(14-21(20)11-13-31)16-23(32)22(30-28(33)26-8-9-27(29)36-26)15-19-5-7-24(34-2)25(17-19)35-3/h4-9,14,17,22H,10-13,15-16H2,1-3H3,(H,30,33). The van der Waals surface area contributed by atoms with Gasteiger partial charge >= 0.3 is 0 Å². The Balaban J connectivity index is 1.55. The molecule has 0 aliphatic carbocycles. The fourth-order valence-corrected chi connectivity index (χ4v) is 5.43. The monoisotopic (exact) mass is 526 g/mol. The SMILES string of the molecule is COc1ccc(CC(NC(=O)c2ccc(Cl)s2)C(=O)Cc2ccc3c(c2)CCN(C)CC3)cc1OC. The van der Waals surface area contributed by atoms with Crippen LogP contribution in [0.1, 0.15) is 31.9 Å². The Morgan fingerprint density at radius 3 is 2.39 bits per heavy atom. The Morgan fingerprint density at radius 1 is 0.972 bits per heavy atom. The summed E-state index contributed by atoms with van der Waals surface area (Å²) in [5, 5.41) is 2.94. The van der Waals surface area contributed by atoms with Crippen molar-refractivity contribution >= 4 is 34.6 Å². The van der Waals surface area contributed by atoms with E-state index in [0.717, 1.165) is 37.1 Å². The predicted molar refractivity (Wildman–Crippen MR) is 144 cm³/mol. The van der Waals surface area contributed by atoms with Crippen LogP contribution in [0.25, 0.3) is 0 Å². The van der Waals surface area contributed by atoms with Crippen molar-refractivity contribution in [1.29, 1.82) is 0 Å². The van der Waals surface area contributed by atoms with E-state index in [0.29, 0.717) is 27.1 Å². The molecular formula is C28H31ClN2O4S. The lowest BCUT2D eigenvalue weighted by atomic mass is 9.94. The number of hydrogen-bond acceptors (Lipinski definition) is 6. The summed E-state index contributed by atoms with van der Waals surface area (Å²) in [6.07, 6.45) is 2.56. The fraction of sp³-hybridized carbons (Fsp3) is 0.357. The first-order valence-corrected chi connectivity index (χ1v) is 13.1. The Morgan fingerprint density at radius 2 is 1.69 bits per heavy atom. The third-order valence-corrected chi connectivity index (χ3v) is 7.78. The number of rotatable bonds is 9. The summed E-state index contributed by atoms with van der Waals surface area (Å²) in [6.45, 7) is 2.04. The largest absolute Gasteiger partial charge is 0.493 e. The molecule has 2 aromatic carbocycles. The van der Waals surface area contributed by atoms with Crippen molar-refractivity contribution in [3.63, 3.8) is 0 Å². The summed E-state index contributed by atoms with van der Waals surface area (Å²) >= 11 is 7.21. The maximum atomic E-state index is 13.6. The fourth-order valence-electron chi connectivity index (χ4n) is 4.48. The maximum Gasteiger partial charge on any atom is 0.261 e. The molecule has 0 saturated heterocycles. The average Bonchev–Trinajstić information content (AvgIpc) is 3.23. The van der Waals surface area contributed by atoms with Gasteiger partial charge in [-0.15, -0.1) is 11.3 Å². The molecule has 190 valence electrons. The molecule has 1 atom stereocenters. The number of nitrogens with zero attached hydrogens (tertiary/aromatic N) is 1. The number of nitrogens with one attached hydrogen (secondary N) is 1. The third kappa shape index (κ3) is 6.46. The number of hydrogen-bond donors (Lipinski definition) is 1. The number of carbonyl (C=O) groups is 2. The first kappa shape index (κ1) is 26.2. The van der Waals surface area contributed by atoms with E-state index in [9.17, 15) is 9.59 Å².